The van der Waals surface area contributed by atoms with Gasteiger partial charge in [-0.1, -0.05) is 27.2 Å². The van der Waals surface area contributed by atoms with Gasteiger partial charge >= 0.3 is 0 Å². The van der Waals surface area contributed by atoms with Crippen molar-refractivity contribution in [2.45, 2.75) is 66.0 Å². The van der Waals surface area contributed by atoms with Gasteiger partial charge < -0.3 is 10.6 Å². The van der Waals surface area contributed by atoms with E-state index in [-0.39, 0.29) is 17.9 Å². The molecule has 0 bridgehead atoms. The highest BCUT2D eigenvalue weighted by molar-refractivity contribution is 5.79. The van der Waals surface area contributed by atoms with Crippen molar-refractivity contribution < 1.29 is 4.79 Å². The molecule has 0 aliphatic rings. The van der Waals surface area contributed by atoms with E-state index in [9.17, 15) is 4.79 Å². The molecule has 0 heterocycles. The highest BCUT2D eigenvalue weighted by atomic mass is 16.2. The molecule has 0 aliphatic carbocycles. The molecule has 0 fully saturated rings. The molecule has 1 amide bonds. The van der Waals surface area contributed by atoms with Crippen LogP contribution in [0.15, 0.2) is 0 Å². The molecule has 3 unspecified atom stereocenters. The first-order valence-corrected chi connectivity index (χ1v) is 6.51. The molecule has 0 radical (unpaired) electrons. The zero-order chi connectivity index (χ0) is 12.7. The fourth-order valence-electron chi connectivity index (χ4n) is 1.58. The molecule has 0 spiro atoms. The summed E-state index contributed by atoms with van der Waals surface area (Å²) in [6, 6.07) is 0.251. The molecule has 3 heteroatoms. The highest BCUT2D eigenvalue weighted by Gasteiger charge is 2.25. The normalized spacial score (nSPS) is 16.6. The second-order valence-corrected chi connectivity index (χ2v) is 4.79. The van der Waals surface area contributed by atoms with Gasteiger partial charge in [0.05, 0.1) is 5.92 Å². The third-order valence-electron chi connectivity index (χ3n) is 3.34. The van der Waals surface area contributed by atoms with Crippen molar-refractivity contribution >= 4 is 5.91 Å². The van der Waals surface area contributed by atoms with Gasteiger partial charge in [0.1, 0.15) is 0 Å². The van der Waals surface area contributed by atoms with Gasteiger partial charge in [0.2, 0.25) is 5.91 Å². The lowest BCUT2D eigenvalue weighted by Gasteiger charge is -2.32. The summed E-state index contributed by atoms with van der Waals surface area (Å²) in [6.07, 6.45) is 3.19. The van der Waals surface area contributed by atoms with E-state index in [0.29, 0.717) is 6.04 Å². The second kappa shape index (κ2) is 7.66. The van der Waals surface area contributed by atoms with E-state index >= 15 is 0 Å². The Morgan fingerprint density at radius 2 is 1.81 bits per heavy atom. The van der Waals surface area contributed by atoms with Crippen LogP contribution >= 0.6 is 0 Å². The number of hydrogen-bond acceptors (Lipinski definition) is 2. The summed E-state index contributed by atoms with van der Waals surface area (Å²) in [7, 11) is 0. The van der Waals surface area contributed by atoms with E-state index in [1.807, 2.05) is 18.7 Å². The largest absolute Gasteiger partial charge is 0.340 e. The average Bonchev–Trinajstić information content (AvgIpc) is 2.27. The number of nitrogens with zero attached hydrogens (tertiary/aromatic N) is 1. The van der Waals surface area contributed by atoms with Crippen molar-refractivity contribution in [1.29, 1.82) is 0 Å². The van der Waals surface area contributed by atoms with E-state index in [1.165, 1.54) is 0 Å². The summed E-state index contributed by atoms with van der Waals surface area (Å²) in [5.41, 5.74) is 5.80. The summed E-state index contributed by atoms with van der Waals surface area (Å²) in [4.78, 5) is 14.2. The lowest BCUT2D eigenvalue weighted by atomic mass is 10.0. The molecule has 3 atom stereocenters. The molecule has 0 aromatic heterocycles. The standard InChI is InChI=1S/C13H28N2O/c1-6-8-9-15(10(3)7-2)13(16)11(4)12(5)14/h10-12H,6-9,14H2,1-5H3. The maximum Gasteiger partial charge on any atom is 0.227 e. The van der Waals surface area contributed by atoms with Crippen LogP contribution in [0.3, 0.4) is 0 Å². The molecule has 0 saturated heterocycles. The fraction of sp³-hybridized carbons (Fsp3) is 0.923. The molecule has 0 saturated carbocycles. The number of amides is 1. The molecule has 0 aliphatic heterocycles. The maximum atomic E-state index is 12.2. The van der Waals surface area contributed by atoms with Gasteiger partial charge in [-0.15, -0.1) is 0 Å². The fourth-order valence-corrected chi connectivity index (χ4v) is 1.58. The van der Waals surface area contributed by atoms with Gasteiger partial charge in [0, 0.05) is 18.6 Å². The number of carbonyl (C=O) groups is 1. The van der Waals surface area contributed by atoms with E-state index in [0.717, 1.165) is 25.8 Å². The van der Waals surface area contributed by atoms with Crippen molar-refractivity contribution in [3.63, 3.8) is 0 Å². The van der Waals surface area contributed by atoms with Crippen LogP contribution in [-0.4, -0.2) is 29.4 Å². The summed E-state index contributed by atoms with van der Waals surface area (Å²) < 4.78 is 0. The first kappa shape index (κ1) is 15.4. The molecule has 96 valence electrons. The van der Waals surface area contributed by atoms with Crippen LogP contribution in [0, 0.1) is 5.92 Å². The second-order valence-electron chi connectivity index (χ2n) is 4.79. The zero-order valence-corrected chi connectivity index (χ0v) is 11.5. The minimum absolute atomic E-state index is 0.0688. The zero-order valence-electron chi connectivity index (χ0n) is 11.5. The molecule has 0 aromatic carbocycles. The van der Waals surface area contributed by atoms with Crippen LogP contribution in [0.1, 0.15) is 53.9 Å². The Hall–Kier alpha value is -0.570. The van der Waals surface area contributed by atoms with Crippen molar-refractivity contribution in [2.24, 2.45) is 11.7 Å². The molecule has 3 nitrogen and oxygen atoms in total. The summed E-state index contributed by atoms with van der Waals surface area (Å²) in [5, 5.41) is 0. The Kier molecular flexibility index (Phi) is 7.39. The van der Waals surface area contributed by atoms with Crippen LogP contribution < -0.4 is 5.73 Å². The Labute approximate surface area is 100 Å². The summed E-state index contributed by atoms with van der Waals surface area (Å²) in [5.74, 6) is 0.128. The SMILES string of the molecule is CCCCN(C(=O)C(C)C(C)N)C(C)CC. The first-order chi connectivity index (χ1) is 7.45. The number of unbranched alkanes of at least 4 members (excludes halogenated alkanes) is 1. The van der Waals surface area contributed by atoms with Crippen molar-refractivity contribution in [1.82, 2.24) is 4.90 Å². The van der Waals surface area contributed by atoms with E-state index in [1.54, 1.807) is 0 Å². The van der Waals surface area contributed by atoms with Crippen molar-refractivity contribution in [2.75, 3.05) is 6.54 Å². The number of carbonyl (C=O) groups excluding carboxylic acids is 1. The minimum Gasteiger partial charge on any atom is -0.340 e. The predicted molar refractivity (Wildman–Crippen MR) is 69.2 cm³/mol. The Balaban J connectivity index is 4.54. The van der Waals surface area contributed by atoms with E-state index in [2.05, 4.69) is 20.8 Å². The molecule has 0 aromatic rings. The van der Waals surface area contributed by atoms with Crippen molar-refractivity contribution in [3.05, 3.63) is 0 Å². The molecular formula is C13H28N2O. The van der Waals surface area contributed by atoms with Crippen LogP contribution in [0.4, 0.5) is 0 Å². The summed E-state index contributed by atoms with van der Waals surface area (Å²) in [6.45, 7) is 11.1. The topological polar surface area (TPSA) is 46.3 Å². The van der Waals surface area contributed by atoms with Gasteiger partial charge in [-0.2, -0.15) is 0 Å². The Morgan fingerprint density at radius 1 is 1.25 bits per heavy atom. The quantitative estimate of drug-likeness (QED) is 0.727. The average molecular weight is 228 g/mol. The third kappa shape index (κ3) is 4.52. The van der Waals surface area contributed by atoms with Crippen LogP contribution in [0.2, 0.25) is 0 Å². The third-order valence-corrected chi connectivity index (χ3v) is 3.34. The maximum absolute atomic E-state index is 12.2. The highest BCUT2D eigenvalue weighted by Crippen LogP contribution is 2.13. The van der Waals surface area contributed by atoms with Crippen molar-refractivity contribution in [3.8, 4) is 0 Å². The Morgan fingerprint density at radius 3 is 2.19 bits per heavy atom. The minimum atomic E-state index is -0.0779. The van der Waals surface area contributed by atoms with E-state index in [4.69, 9.17) is 5.73 Å². The smallest absolute Gasteiger partial charge is 0.227 e. The van der Waals surface area contributed by atoms with Crippen LogP contribution in [0.25, 0.3) is 0 Å². The van der Waals surface area contributed by atoms with E-state index < -0.39 is 0 Å². The molecule has 16 heavy (non-hydrogen) atoms. The monoisotopic (exact) mass is 228 g/mol. The van der Waals surface area contributed by atoms with Crippen LogP contribution in [0.5, 0.6) is 0 Å². The molecule has 0 rings (SSSR count). The predicted octanol–water partition coefficient (Wildman–Crippen LogP) is 2.40. The van der Waals surface area contributed by atoms with Gasteiger partial charge in [0.15, 0.2) is 0 Å². The van der Waals surface area contributed by atoms with Gasteiger partial charge in [0.25, 0.3) is 0 Å². The number of nitrogens with two attached hydrogens (primary N) is 1. The summed E-state index contributed by atoms with van der Waals surface area (Å²) >= 11 is 0. The van der Waals surface area contributed by atoms with Crippen LogP contribution in [-0.2, 0) is 4.79 Å². The van der Waals surface area contributed by atoms with Gasteiger partial charge in [-0.25, -0.2) is 0 Å². The lowest BCUT2D eigenvalue weighted by Crippen LogP contribution is -2.46. The molecule has 2 N–H and O–H groups in total. The molecular weight excluding hydrogens is 200 g/mol. The number of rotatable bonds is 7. The first-order valence-electron chi connectivity index (χ1n) is 6.51. The number of hydrogen-bond donors (Lipinski definition) is 1. The van der Waals surface area contributed by atoms with Gasteiger partial charge in [-0.3, -0.25) is 4.79 Å². The van der Waals surface area contributed by atoms with Gasteiger partial charge in [-0.05, 0) is 26.7 Å². The lowest BCUT2D eigenvalue weighted by molar-refractivity contribution is -0.137. The Bertz CT molecular complexity index is 204.